The maximum absolute atomic E-state index is 4.02. The minimum atomic E-state index is 1.06. The summed E-state index contributed by atoms with van der Waals surface area (Å²) in [6, 6.07) is 0. The van der Waals surface area contributed by atoms with Crippen LogP contribution in [0.5, 0.6) is 0 Å². The van der Waals surface area contributed by atoms with Gasteiger partial charge in [-0.25, -0.2) is 0 Å². The Morgan fingerprint density at radius 1 is 1.23 bits per heavy atom. The Kier molecular flexibility index (Phi) is 5.05. The van der Waals surface area contributed by atoms with Crippen LogP contribution in [0.2, 0.25) is 0 Å². The van der Waals surface area contributed by atoms with Gasteiger partial charge in [0.15, 0.2) is 0 Å². The maximum Gasteiger partial charge on any atom is 0.0286 e. The van der Waals surface area contributed by atoms with E-state index in [2.05, 4.69) is 31.5 Å². The Morgan fingerprint density at radius 2 is 1.77 bits per heavy atom. The molecule has 0 radical (unpaired) electrons. The molecule has 1 nitrogen and oxygen atoms in total. The standard InChI is InChI=1S/C12H19N/c1-7-10(4)11(5)12(8-13-6)9(2)3/h7-8H,2H2,1,3-6H3/b10-7-,12-11-,13-8-. The van der Waals surface area contributed by atoms with E-state index in [0.717, 1.165) is 11.1 Å². The molecule has 0 atom stereocenters. The van der Waals surface area contributed by atoms with Gasteiger partial charge in [0.05, 0.1) is 0 Å². The van der Waals surface area contributed by atoms with Gasteiger partial charge in [-0.15, -0.1) is 0 Å². The first-order chi connectivity index (χ1) is 6.04. The van der Waals surface area contributed by atoms with Crippen LogP contribution in [0.1, 0.15) is 27.7 Å². The molecule has 0 fully saturated rings. The van der Waals surface area contributed by atoms with E-state index in [0.29, 0.717) is 0 Å². The Labute approximate surface area is 81.6 Å². The van der Waals surface area contributed by atoms with E-state index < -0.39 is 0 Å². The Balaban J connectivity index is 5.21. The van der Waals surface area contributed by atoms with Gasteiger partial charge < -0.3 is 0 Å². The summed E-state index contributed by atoms with van der Waals surface area (Å²) in [5.41, 5.74) is 4.72. The van der Waals surface area contributed by atoms with Gasteiger partial charge in [0.2, 0.25) is 0 Å². The third-order valence-electron chi connectivity index (χ3n) is 2.15. The smallest absolute Gasteiger partial charge is 0.0286 e. The molecule has 0 aromatic heterocycles. The quantitative estimate of drug-likeness (QED) is 0.462. The van der Waals surface area contributed by atoms with Gasteiger partial charge >= 0.3 is 0 Å². The normalized spacial score (nSPS) is 14.7. The van der Waals surface area contributed by atoms with Crippen LogP contribution in [0.3, 0.4) is 0 Å². The summed E-state index contributed by atoms with van der Waals surface area (Å²) < 4.78 is 0. The van der Waals surface area contributed by atoms with Crippen LogP contribution >= 0.6 is 0 Å². The van der Waals surface area contributed by atoms with E-state index in [9.17, 15) is 0 Å². The minimum Gasteiger partial charge on any atom is -0.296 e. The molecule has 0 unspecified atom stereocenters. The summed E-state index contributed by atoms with van der Waals surface area (Å²) in [6.07, 6.45) is 3.96. The van der Waals surface area contributed by atoms with Crippen molar-refractivity contribution in [1.82, 2.24) is 0 Å². The van der Waals surface area contributed by atoms with E-state index in [1.165, 1.54) is 11.1 Å². The van der Waals surface area contributed by atoms with Gasteiger partial charge in [-0.3, -0.25) is 4.99 Å². The molecule has 0 aromatic carbocycles. The second-order valence-corrected chi connectivity index (χ2v) is 3.18. The van der Waals surface area contributed by atoms with Gasteiger partial charge in [-0.05, 0) is 44.4 Å². The van der Waals surface area contributed by atoms with Gasteiger partial charge in [0.25, 0.3) is 0 Å². The van der Waals surface area contributed by atoms with Gasteiger partial charge in [0.1, 0.15) is 0 Å². The van der Waals surface area contributed by atoms with Gasteiger partial charge in [0, 0.05) is 13.3 Å². The van der Waals surface area contributed by atoms with Crippen LogP contribution in [0, 0.1) is 0 Å². The maximum atomic E-state index is 4.02. The highest BCUT2D eigenvalue weighted by molar-refractivity contribution is 5.86. The van der Waals surface area contributed by atoms with Gasteiger partial charge in [-0.2, -0.15) is 0 Å². The first-order valence-corrected chi connectivity index (χ1v) is 4.46. The zero-order chi connectivity index (χ0) is 10.4. The third kappa shape index (κ3) is 3.41. The lowest BCUT2D eigenvalue weighted by Crippen LogP contribution is -1.93. The predicted molar refractivity (Wildman–Crippen MR) is 61.4 cm³/mol. The monoisotopic (exact) mass is 177 g/mol. The Hall–Kier alpha value is -1.11. The number of rotatable bonds is 3. The number of nitrogens with zero attached hydrogens (tertiary/aromatic N) is 1. The van der Waals surface area contributed by atoms with Crippen molar-refractivity contribution in [2.24, 2.45) is 4.99 Å². The van der Waals surface area contributed by atoms with E-state index in [-0.39, 0.29) is 0 Å². The van der Waals surface area contributed by atoms with Crippen LogP contribution in [0.25, 0.3) is 0 Å². The largest absolute Gasteiger partial charge is 0.296 e. The van der Waals surface area contributed by atoms with Crippen molar-refractivity contribution >= 4 is 6.21 Å². The molecule has 13 heavy (non-hydrogen) atoms. The van der Waals surface area contributed by atoms with Crippen molar-refractivity contribution in [2.75, 3.05) is 7.05 Å². The molecule has 0 saturated carbocycles. The minimum absolute atomic E-state index is 1.06. The third-order valence-corrected chi connectivity index (χ3v) is 2.15. The lowest BCUT2D eigenvalue weighted by molar-refractivity contribution is 1.28. The summed E-state index contributed by atoms with van der Waals surface area (Å²) in [5, 5.41) is 0. The van der Waals surface area contributed by atoms with E-state index in [4.69, 9.17) is 0 Å². The summed E-state index contributed by atoms with van der Waals surface area (Å²) in [4.78, 5) is 4.02. The molecule has 0 saturated heterocycles. The summed E-state index contributed by atoms with van der Waals surface area (Å²) in [7, 11) is 1.78. The SMILES string of the molecule is C=C(C)C(/C=N\C)=C(C)\C(C)=C/C. The van der Waals surface area contributed by atoms with Crippen LogP contribution in [0.4, 0.5) is 0 Å². The molecule has 0 aromatic rings. The van der Waals surface area contributed by atoms with Crippen LogP contribution in [0.15, 0.2) is 39.9 Å². The molecule has 0 amide bonds. The molecule has 0 heterocycles. The fourth-order valence-electron chi connectivity index (χ4n) is 1.09. The molecule has 0 aliphatic rings. The molecular formula is C12H19N. The molecule has 0 N–H and O–H groups in total. The van der Waals surface area contributed by atoms with Crippen molar-refractivity contribution in [2.45, 2.75) is 27.7 Å². The van der Waals surface area contributed by atoms with Crippen LogP contribution < -0.4 is 0 Å². The number of aliphatic imine (C=N–C) groups is 1. The fourth-order valence-corrected chi connectivity index (χ4v) is 1.09. The fraction of sp³-hybridized carbons (Fsp3) is 0.417. The van der Waals surface area contributed by atoms with Crippen molar-refractivity contribution in [3.05, 3.63) is 34.9 Å². The lowest BCUT2D eigenvalue weighted by atomic mass is 9.99. The lowest BCUT2D eigenvalue weighted by Gasteiger charge is -2.07. The summed E-state index contributed by atoms with van der Waals surface area (Å²) in [5.74, 6) is 0. The van der Waals surface area contributed by atoms with Crippen molar-refractivity contribution in [3.8, 4) is 0 Å². The van der Waals surface area contributed by atoms with Crippen molar-refractivity contribution < 1.29 is 0 Å². The highest BCUT2D eigenvalue weighted by Crippen LogP contribution is 2.17. The summed E-state index contributed by atoms with van der Waals surface area (Å²) in [6.45, 7) is 12.2. The molecule has 0 aliphatic carbocycles. The molecule has 0 bridgehead atoms. The number of hydrogen-bond acceptors (Lipinski definition) is 1. The number of hydrogen-bond donors (Lipinski definition) is 0. The zero-order valence-corrected chi connectivity index (χ0v) is 9.31. The average Bonchev–Trinajstić information content (AvgIpc) is 2.11. The van der Waals surface area contributed by atoms with E-state index >= 15 is 0 Å². The Morgan fingerprint density at radius 3 is 2.08 bits per heavy atom. The van der Waals surface area contributed by atoms with E-state index in [1.54, 1.807) is 7.05 Å². The average molecular weight is 177 g/mol. The zero-order valence-electron chi connectivity index (χ0n) is 9.31. The molecular weight excluding hydrogens is 158 g/mol. The second kappa shape index (κ2) is 5.52. The first kappa shape index (κ1) is 11.9. The molecule has 0 spiro atoms. The van der Waals surface area contributed by atoms with Gasteiger partial charge in [-0.1, -0.05) is 18.2 Å². The number of allylic oxidation sites excluding steroid dienone is 5. The molecule has 0 rings (SSSR count). The first-order valence-electron chi connectivity index (χ1n) is 4.46. The highest BCUT2D eigenvalue weighted by Gasteiger charge is 2.01. The predicted octanol–water partition coefficient (Wildman–Crippen LogP) is 3.55. The van der Waals surface area contributed by atoms with Crippen LogP contribution in [-0.4, -0.2) is 13.3 Å². The molecule has 72 valence electrons. The molecule has 0 aliphatic heterocycles. The van der Waals surface area contributed by atoms with Crippen molar-refractivity contribution in [1.29, 1.82) is 0 Å². The van der Waals surface area contributed by atoms with Crippen molar-refractivity contribution in [3.63, 3.8) is 0 Å². The topological polar surface area (TPSA) is 12.4 Å². The molecule has 1 heteroatoms. The van der Waals surface area contributed by atoms with E-state index in [1.807, 2.05) is 20.1 Å². The highest BCUT2D eigenvalue weighted by atomic mass is 14.6. The second-order valence-electron chi connectivity index (χ2n) is 3.18. The van der Waals surface area contributed by atoms with Crippen LogP contribution in [-0.2, 0) is 0 Å². The summed E-state index contributed by atoms with van der Waals surface area (Å²) >= 11 is 0. The Bertz CT molecular complexity index is 277.